The Morgan fingerprint density at radius 3 is 2.68 bits per heavy atom. The third kappa shape index (κ3) is 3.53. The van der Waals surface area contributed by atoms with E-state index in [2.05, 4.69) is 37.1 Å². The van der Waals surface area contributed by atoms with Crippen LogP contribution in [0.5, 0.6) is 0 Å². The standard InChI is InChI=1S/C17H22N2O2S/c1-10(2)13-8-14-12(9-22-17(18-4)19-5)7-16(20)21-15(14)6-11(13)3/h6-8,10H,9H2,1-5H3,(H,18,19). The number of amidine groups is 1. The van der Waals surface area contributed by atoms with Gasteiger partial charge in [-0.25, -0.2) is 4.79 Å². The molecule has 0 spiro atoms. The van der Waals surface area contributed by atoms with Crippen LogP contribution in [0.1, 0.15) is 36.5 Å². The van der Waals surface area contributed by atoms with Gasteiger partial charge in [0, 0.05) is 31.3 Å². The first-order valence-electron chi connectivity index (χ1n) is 7.30. The average Bonchev–Trinajstić information content (AvgIpc) is 2.46. The Labute approximate surface area is 135 Å². The summed E-state index contributed by atoms with van der Waals surface area (Å²) < 4.78 is 5.37. The van der Waals surface area contributed by atoms with Crippen LogP contribution >= 0.6 is 11.8 Å². The molecule has 4 nitrogen and oxygen atoms in total. The second kappa shape index (κ2) is 7.01. The lowest BCUT2D eigenvalue weighted by molar-refractivity contribution is 0.559. The van der Waals surface area contributed by atoms with Crippen molar-refractivity contribution in [1.29, 1.82) is 0 Å². The second-order valence-electron chi connectivity index (χ2n) is 5.52. The van der Waals surface area contributed by atoms with Crippen molar-refractivity contribution in [2.75, 3.05) is 14.1 Å². The van der Waals surface area contributed by atoms with Gasteiger partial charge in [-0.05, 0) is 41.7 Å². The molecule has 0 aliphatic carbocycles. The van der Waals surface area contributed by atoms with Crippen LogP contribution < -0.4 is 10.9 Å². The van der Waals surface area contributed by atoms with E-state index in [0.717, 1.165) is 21.7 Å². The summed E-state index contributed by atoms with van der Waals surface area (Å²) in [6, 6.07) is 5.70. The summed E-state index contributed by atoms with van der Waals surface area (Å²) in [5.41, 5.74) is 3.77. The van der Waals surface area contributed by atoms with Crippen LogP contribution in [0.4, 0.5) is 0 Å². The van der Waals surface area contributed by atoms with E-state index in [4.69, 9.17) is 4.42 Å². The third-order valence-electron chi connectivity index (χ3n) is 3.62. The molecular formula is C17H22N2O2S. The zero-order valence-corrected chi connectivity index (χ0v) is 14.5. The normalized spacial score (nSPS) is 12.2. The first-order valence-corrected chi connectivity index (χ1v) is 8.29. The van der Waals surface area contributed by atoms with Gasteiger partial charge in [0.2, 0.25) is 0 Å². The summed E-state index contributed by atoms with van der Waals surface area (Å²) in [5.74, 6) is 1.11. The van der Waals surface area contributed by atoms with E-state index >= 15 is 0 Å². The van der Waals surface area contributed by atoms with Crippen LogP contribution in [0.2, 0.25) is 0 Å². The molecule has 1 heterocycles. The summed E-state index contributed by atoms with van der Waals surface area (Å²) in [6.45, 7) is 6.40. The fourth-order valence-corrected chi connectivity index (χ4v) is 3.33. The Kier molecular flexibility index (Phi) is 5.29. The molecule has 1 N–H and O–H groups in total. The van der Waals surface area contributed by atoms with Crippen molar-refractivity contribution in [2.24, 2.45) is 4.99 Å². The quantitative estimate of drug-likeness (QED) is 0.533. The smallest absolute Gasteiger partial charge is 0.336 e. The van der Waals surface area contributed by atoms with Gasteiger partial charge in [0.05, 0.1) is 0 Å². The fourth-order valence-electron chi connectivity index (χ4n) is 2.53. The fraction of sp³-hybridized carbons (Fsp3) is 0.412. The van der Waals surface area contributed by atoms with E-state index < -0.39 is 0 Å². The monoisotopic (exact) mass is 318 g/mol. The van der Waals surface area contributed by atoms with Crippen LogP contribution in [0, 0.1) is 6.92 Å². The Morgan fingerprint density at radius 2 is 2.09 bits per heavy atom. The molecule has 5 heteroatoms. The largest absolute Gasteiger partial charge is 0.423 e. The summed E-state index contributed by atoms with van der Waals surface area (Å²) in [4.78, 5) is 15.9. The minimum absolute atomic E-state index is 0.306. The molecule has 0 bridgehead atoms. The van der Waals surface area contributed by atoms with Crippen molar-refractivity contribution in [3.8, 4) is 0 Å². The number of fused-ring (bicyclic) bond motifs is 1. The van der Waals surface area contributed by atoms with Gasteiger partial charge in [-0.2, -0.15) is 0 Å². The van der Waals surface area contributed by atoms with Gasteiger partial charge in [-0.3, -0.25) is 4.99 Å². The first-order chi connectivity index (χ1) is 10.5. The first kappa shape index (κ1) is 16.6. The molecule has 0 radical (unpaired) electrons. The molecule has 0 amide bonds. The van der Waals surface area contributed by atoms with E-state index in [1.54, 1.807) is 24.9 Å². The SMILES string of the molecule is CN=C(NC)SCc1cc(=O)oc2cc(C)c(C(C)C)cc12. The second-order valence-corrected chi connectivity index (χ2v) is 6.48. The predicted molar refractivity (Wildman–Crippen MR) is 95.0 cm³/mol. The maximum atomic E-state index is 11.8. The number of nitrogens with zero attached hydrogens (tertiary/aromatic N) is 1. The molecule has 2 rings (SSSR count). The molecular weight excluding hydrogens is 296 g/mol. The van der Waals surface area contributed by atoms with E-state index in [9.17, 15) is 4.79 Å². The lowest BCUT2D eigenvalue weighted by atomic mass is 9.95. The summed E-state index contributed by atoms with van der Waals surface area (Å²) in [5, 5.41) is 4.89. The Balaban J connectivity index is 2.52. The zero-order valence-electron chi connectivity index (χ0n) is 13.7. The number of hydrogen-bond donors (Lipinski definition) is 1. The van der Waals surface area contributed by atoms with Crippen LogP contribution in [-0.4, -0.2) is 19.3 Å². The molecule has 0 saturated carbocycles. The van der Waals surface area contributed by atoms with E-state index in [-0.39, 0.29) is 5.63 Å². The number of aryl methyl sites for hydroxylation is 1. The molecule has 0 unspecified atom stereocenters. The van der Waals surface area contributed by atoms with Crippen molar-refractivity contribution in [3.63, 3.8) is 0 Å². The van der Waals surface area contributed by atoms with Gasteiger partial charge >= 0.3 is 5.63 Å². The molecule has 22 heavy (non-hydrogen) atoms. The molecule has 1 aromatic carbocycles. The van der Waals surface area contributed by atoms with Crippen molar-refractivity contribution >= 4 is 27.9 Å². The minimum atomic E-state index is -0.306. The molecule has 0 fully saturated rings. The van der Waals surface area contributed by atoms with Gasteiger partial charge in [-0.1, -0.05) is 25.6 Å². The van der Waals surface area contributed by atoms with E-state index in [1.807, 2.05) is 13.1 Å². The van der Waals surface area contributed by atoms with Gasteiger partial charge in [-0.15, -0.1) is 0 Å². The number of aliphatic imine (C=N–C) groups is 1. The molecule has 0 saturated heterocycles. The van der Waals surface area contributed by atoms with Crippen LogP contribution in [0.25, 0.3) is 11.0 Å². The topological polar surface area (TPSA) is 54.6 Å². The molecule has 118 valence electrons. The maximum Gasteiger partial charge on any atom is 0.336 e. The van der Waals surface area contributed by atoms with Crippen molar-refractivity contribution in [2.45, 2.75) is 32.4 Å². The van der Waals surface area contributed by atoms with Gasteiger partial charge in [0.25, 0.3) is 0 Å². The summed E-state index contributed by atoms with van der Waals surface area (Å²) in [6.07, 6.45) is 0. The van der Waals surface area contributed by atoms with Gasteiger partial charge < -0.3 is 9.73 Å². The van der Waals surface area contributed by atoms with Crippen molar-refractivity contribution < 1.29 is 4.42 Å². The van der Waals surface area contributed by atoms with E-state index in [1.165, 1.54) is 5.56 Å². The number of rotatable bonds is 3. The minimum Gasteiger partial charge on any atom is -0.423 e. The number of benzene rings is 1. The Bertz CT molecular complexity index is 763. The van der Waals surface area contributed by atoms with Gasteiger partial charge in [0.15, 0.2) is 5.17 Å². The highest BCUT2D eigenvalue weighted by molar-refractivity contribution is 8.13. The van der Waals surface area contributed by atoms with Crippen molar-refractivity contribution in [3.05, 3.63) is 45.3 Å². The summed E-state index contributed by atoms with van der Waals surface area (Å²) >= 11 is 1.57. The average molecular weight is 318 g/mol. The lowest BCUT2D eigenvalue weighted by Crippen LogP contribution is -2.14. The third-order valence-corrected chi connectivity index (χ3v) is 4.74. The predicted octanol–water partition coefficient (Wildman–Crippen LogP) is 3.66. The Morgan fingerprint density at radius 1 is 1.36 bits per heavy atom. The molecule has 0 atom stereocenters. The van der Waals surface area contributed by atoms with Crippen LogP contribution in [0.3, 0.4) is 0 Å². The van der Waals surface area contributed by atoms with E-state index in [0.29, 0.717) is 17.3 Å². The Hall–Kier alpha value is -1.75. The highest BCUT2D eigenvalue weighted by atomic mass is 32.2. The number of hydrogen-bond acceptors (Lipinski definition) is 4. The maximum absolute atomic E-state index is 11.8. The zero-order chi connectivity index (χ0) is 16.3. The number of thioether (sulfide) groups is 1. The summed E-state index contributed by atoms with van der Waals surface area (Å²) in [7, 11) is 3.59. The molecule has 1 aromatic heterocycles. The highest BCUT2D eigenvalue weighted by Gasteiger charge is 2.12. The van der Waals surface area contributed by atoms with Crippen molar-refractivity contribution in [1.82, 2.24) is 5.32 Å². The van der Waals surface area contributed by atoms with Gasteiger partial charge in [0.1, 0.15) is 5.58 Å². The molecule has 2 aromatic rings. The molecule has 0 aliphatic heterocycles. The number of nitrogens with one attached hydrogen (secondary N) is 1. The lowest BCUT2D eigenvalue weighted by Gasteiger charge is -2.13. The highest BCUT2D eigenvalue weighted by Crippen LogP contribution is 2.28. The molecule has 0 aliphatic rings. The van der Waals surface area contributed by atoms with Crippen LogP contribution in [0.15, 0.2) is 32.4 Å². The van der Waals surface area contributed by atoms with Crippen LogP contribution in [-0.2, 0) is 5.75 Å².